The van der Waals surface area contributed by atoms with Crippen LogP contribution in [0.4, 0.5) is 0 Å². The number of piperazine rings is 1. The third-order valence-corrected chi connectivity index (χ3v) is 2.37. The Morgan fingerprint density at radius 3 is 2.46 bits per heavy atom. The van der Waals surface area contributed by atoms with Crippen LogP contribution in [-0.4, -0.2) is 67.6 Å². The van der Waals surface area contributed by atoms with E-state index in [-0.39, 0.29) is 0 Å². The molecular weight excluding hydrogens is 168 g/mol. The van der Waals surface area contributed by atoms with Crippen LogP contribution >= 0.6 is 0 Å². The Balaban J connectivity index is 2.14. The van der Waals surface area contributed by atoms with Gasteiger partial charge in [-0.2, -0.15) is 0 Å². The monoisotopic (exact) mass is 188 g/mol. The van der Waals surface area contributed by atoms with Crippen molar-refractivity contribution >= 4 is 0 Å². The first-order valence-electron chi connectivity index (χ1n) is 4.93. The molecule has 0 saturated carbocycles. The van der Waals surface area contributed by atoms with Crippen molar-refractivity contribution in [1.29, 1.82) is 0 Å². The summed E-state index contributed by atoms with van der Waals surface area (Å²) >= 11 is 0. The van der Waals surface area contributed by atoms with E-state index in [0.29, 0.717) is 13.2 Å². The van der Waals surface area contributed by atoms with Gasteiger partial charge in [-0.25, -0.2) is 0 Å². The molecular formula is C9H20N2O2. The van der Waals surface area contributed by atoms with E-state index in [2.05, 4.69) is 16.8 Å². The molecule has 1 unspecified atom stereocenters. The first-order valence-corrected chi connectivity index (χ1v) is 4.93. The summed E-state index contributed by atoms with van der Waals surface area (Å²) in [5.41, 5.74) is 0. The molecule has 0 amide bonds. The van der Waals surface area contributed by atoms with Gasteiger partial charge >= 0.3 is 0 Å². The molecule has 4 heteroatoms. The van der Waals surface area contributed by atoms with Gasteiger partial charge in [0, 0.05) is 39.3 Å². The van der Waals surface area contributed by atoms with Crippen LogP contribution in [0.2, 0.25) is 0 Å². The van der Waals surface area contributed by atoms with Crippen molar-refractivity contribution in [2.75, 3.05) is 46.4 Å². The van der Waals surface area contributed by atoms with Crippen LogP contribution < -0.4 is 0 Å². The lowest BCUT2D eigenvalue weighted by atomic mass is 10.3. The third-order valence-electron chi connectivity index (χ3n) is 2.37. The molecule has 13 heavy (non-hydrogen) atoms. The average Bonchev–Trinajstić information content (AvgIpc) is 2.09. The summed E-state index contributed by atoms with van der Waals surface area (Å²) in [5, 5.41) is 9.39. The highest BCUT2D eigenvalue weighted by Gasteiger charge is 2.16. The smallest absolute Gasteiger partial charge is 0.167 e. The zero-order chi connectivity index (χ0) is 9.68. The van der Waals surface area contributed by atoms with Gasteiger partial charge in [-0.15, -0.1) is 0 Å². The largest absolute Gasteiger partial charge is 0.367 e. The highest BCUT2D eigenvalue weighted by Crippen LogP contribution is 2.00. The maximum absolute atomic E-state index is 9.39. The second-order valence-electron chi connectivity index (χ2n) is 3.51. The normalized spacial score (nSPS) is 23.3. The summed E-state index contributed by atoms with van der Waals surface area (Å²) in [7, 11) is 2.12. The number of β-amino-alcohol motifs (C(OH)–C–C–N with tert-alkyl or cyclic N) is 1. The first-order chi connectivity index (χ1) is 6.22. The lowest BCUT2D eigenvalue weighted by molar-refractivity contribution is -0.112. The van der Waals surface area contributed by atoms with Crippen LogP contribution in [0.1, 0.15) is 6.92 Å². The molecule has 0 spiro atoms. The van der Waals surface area contributed by atoms with Crippen molar-refractivity contribution < 1.29 is 9.84 Å². The number of rotatable bonds is 4. The van der Waals surface area contributed by atoms with Crippen LogP contribution in [0.5, 0.6) is 0 Å². The fourth-order valence-corrected chi connectivity index (χ4v) is 1.50. The standard InChI is InChI=1S/C9H20N2O2/c1-3-13-9(12)8-11-6-4-10(2)5-7-11/h9,12H,3-8H2,1-2H3. The minimum atomic E-state index is -0.617. The van der Waals surface area contributed by atoms with Crippen LogP contribution in [-0.2, 0) is 4.74 Å². The van der Waals surface area contributed by atoms with Gasteiger partial charge in [0.2, 0.25) is 0 Å². The first kappa shape index (κ1) is 10.9. The van der Waals surface area contributed by atoms with Crippen molar-refractivity contribution in [2.45, 2.75) is 13.2 Å². The highest BCUT2D eigenvalue weighted by molar-refractivity contribution is 4.69. The van der Waals surface area contributed by atoms with Gasteiger partial charge in [-0.3, -0.25) is 4.90 Å². The van der Waals surface area contributed by atoms with E-state index in [1.54, 1.807) is 0 Å². The molecule has 0 aromatic carbocycles. The van der Waals surface area contributed by atoms with E-state index in [0.717, 1.165) is 26.2 Å². The summed E-state index contributed by atoms with van der Waals surface area (Å²) < 4.78 is 5.07. The van der Waals surface area contributed by atoms with Crippen LogP contribution in [0.15, 0.2) is 0 Å². The van der Waals surface area contributed by atoms with Gasteiger partial charge in [-0.05, 0) is 14.0 Å². The second kappa shape index (κ2) is 5.54. The van der Waals surface area contributed by atoms with Crippen molar-refractivity contribution in [2.24, 2.45) is 0 Å². The van der Waals surface area contributed by atoms with E-state index in [1.165, 1.54) is 0 Å². The van der Waals surface area contributed by atoms with Crippen molar-refractivity contribution in [3.63, 3.8) is 0 Å². The Bertz CT molecular complexity index is 136. The van der Waals surface area contributed by atoms with E-state index in [4.69, 9.17) is 4.74 Å². The zero-order valence-electron chi connectivity index (χ0n) is 8.57. The number of aliphatic hydroxyl groups is 1. The number of aliphatic hydroxyl groups excluding tert-OH is 1. The molecule has 0 radical (unpaired) electrons. The van der Waals surface area contributed by atoms with E-state index in [9.17, 15) is 5.11 Å². The maximum atomic E-state index is 9.39. The topological polar surface area (TPSA) is 35.9 Å². The van der Waals surface area contributed by atoms with Crippen LogP contribution in [0.25, 0.3) is 0 Å². The molecule has 1 rings (SSSR count). The second-order valence-corrected chi connectivity index (χ2v) is 3.51. The Hall–Kier alpha value is -0.160. The molecule has 1 atom stereocenters. The predicted molar refractivity (Wildman–Crippen MR) is 51.6 cm³/mol. The molecule has 0 aromatic heterocycles. The molecule has 1 saturated heterocycles. The highest BCUT2D eigenvalue weighted by atomic mass is 16.6. The maximum Gasteiger partial charge on any atom is 0.167 e. The van der Waals surface area contributed by atoms with Gasteiger partial charge in [-0.1, -0.05) is 0 Å². The number of hydrogen-bond donors (Lipinski definition) is 1. The van der Waals surface area contributed by atoms with Gasteiger partial charge < -0.3 is 14.7 Å². The SMILES string of the molecule is CCOC(O)CN1CCN(C)CC1. The number of nitrogens with zero attached hydrogens (tertiary/aromatic N) is 2. The summed E-state index contributed by atoms with van der Waals surface area (Å²) in [6, 6.07) is 0. The molecule has 1 fully saturated rings. The average molecular weight is 188 g/mol. The van der Waals surface area contributed by atoms with Gasteiger partial charge in [0.15, 0.2) is 6.29 Å². The Morgan fingerprint density at radius 2 is 1.92 bits per heavy atom. The van der Waals surface area contributed by atoms with E-state index < -0.39 is 6.29 Å². The zero-order valence-corrected chi connectivity index (χ0v) is 8.57. The van der Waals surface area contributed by atoms with Crippen LogP contribution in [0.3, 0.4) is 0 Å². The van der Waals surface area contributed by atoms with Crippen LogP contribution in [0, 0.1) is 0 Å². The summed E-state index contributed by atoms with van der Waals surface area (Å²) in [6.45, 7) is 7.34. The van der Waals surface area contributed by atoms with E-state index in [1.807, 2.05) is 6.92 Å². The third kappa shape index (κ3) is 4.04. The number of ether oxygens (including phenoxy) is 1. The fourth-order valence-electron chi connectivity index (χ4n) is 1.50. The number of hydrogen-bond acceptors (Lipinski definition) is 4. The minimum absolute atomic E-state index is 0.578. The predicted octanol–water partition coefficient (Wildman–Crippen LogP) is -0.411. The number of likely N-dealkylation sites (N-methyl/N-ethyl adjacent to an activating group) is 1. The molecule has 1 aliphatic heterocycles. The minimum Gasteiger partial charge on any atom is -0.367 e. The lowest BCUT2D eigenvalue weighted by Gasteiger charge is -2.33. The van der Waals surface area contributed by atoms with Gasteiger partial charge in [0.05, 0.1) is 0 Å². The lowest BCUT2D eigenvalue weighted by Crippen LogP contribution is -2.47. The van der Waals surface area contributed by atoms with Gasteiger partial charge in [0.1, 0.15) is 0 Å². The van der Waals surface area contributed by atoms with E-state index >= 15 is 0 Å². The Morgan fingerprint density at radius 1 is 1.31 bits per heavy atom. The molecule has 4 nitrogen and oxygen atoms in total. The van der Waals surface area contributed by atoms with Gasteiger partial charge in [0.25, 0.3) is 0 Å². The summed E-state index contributed by atoms with van der Waals surface area (Å²) in [6.07, 6.45) is -0.617. The molecule has 0 bridgehead atoms. The summed E-state index contributed by atoms with van der Waals surface area (Å²) in [5.74, 6) is 0. The van der Waals surface area contributed by atoms with Crippen molar-refractivity contribution in [3.05, 3.63) is 0 Å². The molecule has 0 aromatic rings. The Kier molecular flexibility index (Phi) is 4.66. The van der Waals surface area contributed by atoms with Crippen molar-refractivity contribution in [3.8, 4) is 0 Å². The molecule has 78 valence electrons. The molecule has 1 heterocycles. The summed E-state index contributed by atoms with van der Waals surface area (Å²) in [4.78, 5) is 4.53. The molecule has 1 aliphatic rings. The molecule has 0 aliphatic carbocycles. The quantitative estimate of drug-likeness (QED) is 0.608. The fraction of sp³-hybridized carbons (Fsp3) is 1.00. The molecule has 1 N–H and O–H groups in total. The van der Waals surface area contributed by atoms with Crippen molar-refractivity contribution in [1.82, 2.24) is 9.80 Å². The Labute approximate surface area is 80.1 Å².